The zero-order valence-corrected chi connectivity index (χ0v) is 10.8. The molecule has 0 fully saturated rings. The van der Waals surface area contributed by atoms with Crippen molar-refractivity contribution >= 4 is 28.3 Å². The number of carbonyl (C=O) groups is 2. The van der Waals surface area contributed by atoms with Gasteiger partial charge in [0.25, 0.3) is 0 Å². The summed E-state index contributed by atoms with van der Waals surface area (Å²) in [6, 6.07) is 10.4. The second-order valence-electron chi connectivity index (χ2n) is 4.69. The lowest BCUT2D eigenvalue weighted by molar-refractivity contribution is -0.118. The summed E-state index contributed by atoms with van der Waals surface area (Å²) in [5.41, 5.74) is 0.845. The highest BCUT2D eigenvalue weighted by atomic mass is 16.4. The van der Waals surface area contributed by atoms with E-state index in [0.29, 0.717) is 5.69 Å². The Balaban J connectivity index is 2.51. The van der Waals surface area contributed by atoms with Crippen molar-refractivity contribution in [2.24, 2.45) is 5.92 Å². The SMILES string of the molecule is CC(C)C(=O)Nc1cccc2ccc(C(=O)O)cc12. The summed E-state index contributed by atoms with van der Waals surface area (Å²) < 4.78 is 0. The molecular weight excluding hydrogens is 242 g/mol. The van der Waals surface area contributed by atoms with E-state index in [4.69, 9.17) is 5.11 Å². The molecule has 2 aromatic carbocycles. The molecule has 2 N–H and O–H groups in total. The first-order valence-electron chi connectivity index (χ1n) is 6.06. The standard InChI is InChI=1S/C15H15NO3/c1-9(2)14(17)16-13-5-3-4-10-6-7-11(15(18)19)8-12(10)13/h3-9H,1-2H3,(H,16,17)(H,18,19). The molecule has 0 aliphatic heterocycles. The van der Waals surface area contributed by atoms with Crippen LogP contribution in [0.2, 0.25) is 0 Å². The Morgan fingerprint density at radius 3 is 2.53 bits per heavy atom. The molecule has 0 saturated heterocycles. The number of fused-ring (bicyclic) bond motifs is 1. The van der Waals surface area contributed by atoms with Crippen LogP contribution in [0.4, 0.5) is 5.69 Å². The Hall–Kier alpha value is -2.36. The van der Waals surface area contributed by atoms with E-state index < -0.39 is 5.97 Å². The topological polar surface area (TPSA) is 66.4 Å². The summed E-state index contributed by atoms with van der Waals surface area (Å²) in [5, 5.41) is 13.5. The number of carboxylic acids is 1. The van der Waals surface area contributed by atoms with Gasteiger partial charge in [-0.25, -0.2) is 4.79 Å². The van der Waals surface area contributed by atoms with Gasteiger partial charge in [0.1, 0.15) is 0 Å². The summed E-state index contributed by atoms with van der Waals surface area (Å²) in [4.78, 5) is 22.7. The summed E-state index contributed by atoms with van der Waals surface area (Å²) in [6.45, 7) is 3.62. The van der Waals surface area contributed by atoms with Crippen LogP contribution in [0, 0.1) is 5.92 Å². The van der Waals surface area contributed by atoms with E-state index in [1.54, 1.807) is 24.3 Å². The summed E-state index contributed by atoms with van der Waals surface area (Å²) in [5.74, 6) is -1.20. The van der Waals surface area contributed by atoms with Crippen LogP contribution in [0.1, 0.15) is 24.2 Å². The number of hydrogen-bond acceptors (Lipinski definition) is 2. The number of aromatic carboxylic acids is 1. The zero-order chi connectivity index (χ0) is 14.0. The Labute approximate surface area is 111 Å². The fraction of sp³-hybridized carbons (Fsp3) is 0.200. The number of nitrogens with one attached hydrogen (secondary N) is 1. The summed E-state index contributed by atoms with van der Waals surface area (Å²) in [6.07, 6.45) is 0. The molecule has 0 bridgehead atoms. The quantitative estimate of drug-likeness (QED) is 0.887. The predicted molar refractivity (Wildman–Crippen MR) is 74.4 cm³/mol. The largest absolute Gasteiger partial charge is 0.478 e. The Morgan fingerprint density at radius 2 is 1.89 bits per heavy atom. The zero-order valence-electron chi connectivity index (χ0n) is 10.8. The van der Waals surface area contributed by atoms with E-state index >= 15 is 0 Å². The maximum absolute atomic E-state index is 11.7. The molecule has 2 aromatic rings. The monoisotopic (exact) mass is 257 g/mol. The van der Waals surface area contributed by atoms with Gasteiger partial charge in [0.15, 0.2) is 0 Å². The van der Waals surface area contributed by atoms with Crippen molar-refractivity contribution in [2.75, 3.05) is 5.32 Å². The van der Waals surface area contributed by atoms with Crippen molar-refractivity contribution < 1.29 is 14.7 Å². The van der Waals surface area contributed by atoms with Crippen LogP contribution >= 0.6 is 0 Å². The number of anilines is 1. The molecule has 0 radical (unpaired) electrons. The molecule has 19 heavy (non-hydrogen) atoms. The van der Waals surface area contributed by atoms with Gasteiger partial charge in [0, 0.05) is 17.0 Å². The second kappa shape index (κ2) is 5.10. The third-order valence-electron chi connectivity index (χ3n) is 2.91. The first-order valence-corrected chi connectivity index (χ1v) is 6.06. The van der Waals surface area contributed by atoms with Crippen molar-refractivity contribution in [3.05, 3.63) is 42.0 Å². The van der Waals surface area contributed by atoms with Crippen molar-refractivity contribution in [3.8, 4) is 0 Å². The van der Waals surface area contributed by atoms with E-state index in [1.165, 1.54) is 0 Å². The third kappa shape index (κ3) is 2.73. The average Bonchev–Trinajstić information content (AvgIpc) is 2.38. The van der Waals surface area contributed by atoms with Crippen LogP contribution in [-0.2, 0) is 4.79 Å². The minimum Gasteiger partial charge on any atom is -0.478 e. The van der Waals surface area contributed by atoms with Crippen LogP contribution in [0.25, 0.3) is 10.8 Å². The predicted octanol–water partition coefficient (Wildman–Crippen LogP) is 3.13. The summed E-state index contributed by atoms with van der Waals surface area (Å²) in [7, 11) is 0. The second-order valence-corrected chi connectivity index (χ2v) is 4.69. The highest BCUT2D eigenvalue weighted by Gasteiger charge is 2.11. The van der Waals surface area contributed by atoms with Gasteiger partial charge in [-0.05, 0) is 23.6 Å². The Bertz CT molecular complexity index is 647. The van der Waals surface area contributed by atoms with Gasteiger partial charge >= 0.3 is 5.97 Å². The van der Waals surface area contributed by atoms with Crippen LogP contribution < -0.4 is 5.32 Å². The van der Waals surface area contributed by atoms with E-state index in [-0.39, 0.29) is 17.4 Å². The molecule has 0 spiro atoms. The molecule has 0 aromatic heterocycles. The molecule has 0 heterocycles. The van der Waals surface area contributed by atoms with E-state index in [0.717, 1.165) is 10.8 Å². The lowest BCUT2D eigenvalue weighted by Gasteiger charge is -2.11. The highest BCUT2D eigenvalue weighted by Crippen LogP contribution is 2.25. The van der Waals surface area contributed by atoms with Crippen molar-refractivity contribution in [1.82, 2.24) is 0 Å². The molecule has 4 nitrogen and oxygen atoms in total. The van der Waals surface area contributed by atoms with Crippen molar-refractivity contribution in [1.29, 1.82) is 0 Å². The minimum atomic E-state index is -0.980. The molecule has 1 amide bonds. The van der Waals surface area contributed by atoms with Gasteiger partial charge in [-0.15, -0.1) is 0 Å². The summed E-state index contributed by atoms with van der Waals surface area (Å²) >= 11 is 0. The van der Waals surface area contributed by atoms with Gasteiger partial charge in [0.05, 0.1) is 5.56 Å². The molecule has 0 aliphatic rings. The minimum absolute atomic E-state index is 0.0896. The van der Waals surface area contributed by atoms with Crippen molar-refractivity contribution in [2.45, 2.75) is 13.8 Å². The molecule has 0 saturated carbocycles. The third-order valence-corrected chi connectivity index (χ3v) is 2.91. The highest BCUT2D eigenvalue weighted by molar-refractivity contribution is 6.04. The first-order chi connectivity index (χ1) is 8.99. The lowest BCUT2D eigenvalue weighted by Crippen LogP contribution is -2.17. The van der Waals surface area contributed by atoms with Crippen LogP contribution in [0.5, 0.6) is 0 Å². The Morgan fingerprint density at radius 1 is 1.16 bits per heavy atom. The number of hydrogen-bond donors (Lipinski definition) is 2. The van der Waals surface area contributed by atoms with Gasteiger partial charge in [-0.1, -0.05) is 32.0 Å². The normalized spacial score (nSPS) is 10.7. The molecule has 2 rings (SSSR count). The van der Waals surface area contributed by atoms with Crippen LogP contribution in [-0.4, -0.2) is 17.0 Å². The van der Waals surface area contributed by atoms with Crippen LogP contribution in [0.3, 0.4) is 0 Å². The number of amides is 1. The maximum Gasteiger partial charge on any atom is 0.335 e. The fourth-order valence-electron chi connectivity index (χ4n) is 1.79. The van der Waals surface area contributed by atoms with E-state index in [9.17, 15) is 9.59 Å². The number of carboxylic acid groups (broad SMARTS) is 1. The molecule has 98 valence electrons. The Kier molecular flexibility index (Phi) is 3.51. The van der Waals surface area contributed by atoms with Crippen molar-refractivity contribution in [3.63, 3.8) is 0 Å². The molecule has 4 heteroatoms. The van der Waals surface area contributed by atoms with Gasteiger partial charge in [-0.2, -0.15) is 0 Å². The average molecular weight is 257 g/mol. The number of rotatable bonds is 3. The lowest BCUT2D eigenvalue weighted by atomic mass is 10.0. The van der Waals surface area contributed by atoms with Gasteiger partial charge < -0.3 is 10.4 Å². The smallest absolute Gasteiger partial charge is 0.335 e. The molecule has 0 atom stereocenters. The van der Waals surface area contributed by atoms with Gasteiger partial charge in [0.2, 0.25) is 5.91 Å². The number of carbonyl (C=O) groups excluding carboxylic acids is 1. The molecular formula is C15H15NO3. The number of benzene rings is 2. The fourth-order valence-corrected chi connectivity index (χ4v) is 1.79. The van der Waals surface area contributed by atoms with E-state index in [2.05, 4.69) is 5.32 Å². The van der Waals surface area contributed by atoms with Gasteiger partial charge in [-0.3, -0.25) is 4.79 Å². The molecule has 0 unspecified atom stereocenters. The first kappa shape index (κ1) is 13.1. The van der Waals surface area contributed by atoms with E-state index in [1.807, 2.05) is 26.0 Å². The van der Waals surface area contributed by atoms with Crippen LogP contribution in [0.15, 0.2) is 36.4 Å². The molecule has 0 aliphatic carbocycles. The maximum atomic E-state index is 11.7.